The molecule has 0 amide bonds. The standard InChI is InChI=1S/C22H18N2/c1-16-10-13-19(14-11-16)23-21-9-5-8-18-12-15-20(24-22(18)21)17-6-3-2-4-7-17/h2-15,23H,1H3. The number of benzene rings is 3. The van der Waals surface area contributed by atoms with Crippen LogP contribution in [0, 0.1) is 6.92 Å². The van der Waals surface area contributed by atoms with Crippen molar-refractivity contribution in [1.29, 1.82) is 0 Å². The van der Waals surface area contributed by atoms with Crippen LogP contribution in [0.2, 0.25) is 0 Å². The zero-order valence-electron chi connectivity index (χ0n) is 13.5. The first-order chi connectivity index (χ1) is 11.8. The van der Waals surface area contributed by atoms with Crippen molar-refractivity contribution >= 4 is 22.3 Å². The molecule has 0 spiro atoms. The molecule has 2 heteroatoms. The van der Waals surface area contributed by atoms with Gasteiger partial charge in [-0.3, -0.25) is 0 Å². The molecule has 24 heavy (non-hydrogen) atoms. The summed E-state index contributed by atoms with van der Waals surface area (Å²) in [7, 11) is 0. The molecular formula is C22H18N2. The molecule has 0 saturated heterocycles. The van der Waals surface area contributed by atoms with Gasteiger partial charge in [0.05, 0.1) is 16.9 Å². The maximum absolute atomic E-state index is 4.90. The van der Waals surface area contributed by atoms with E-state index < -0.39 is 0 Å². The van der Waals surface area contributed by atoms with E-state index in [4.69, 9.17) is 4.98 Å². The monoisotopic (exact) mass is 310 g/mol. The first-order valence-corrected chi connectivity index (χ1v) is 8.08. The van der Waals surface area contributed by atoms with Gasteiger partial charge in [0.1, 0.15) is 0 Å². The highest BCUT2D eigenvalue weighted by molar-refractivity contribution is 5.93. The molecule has 0 atom stereocenters. The van der Waals surface area contributed by atoms with E-state index in [9.17, 15) is 0 Å². The summed E-state index contributed by atoms with van der Waals surface area (Å²) in [6, 6.07) is 29.1. The van der Waals surface area contributed by atoms with Crippen LogP contribution < -0.4 is 5.32 Å². The van der Waals surface area contributed by atoms with Crippen LogP contribution in [0.1, 0.15) is 5.56 Å². The third kappa shape index (κ3) is 2.86. The Balaban J connectivity index is 1.79. The summed E-state index contributed by atoms with van der Waals surface area (Å²) in [5.41, 5.74) is 6.45. The van der Waals surface area contributed by atoms with Crippen LogP contribution in [-0.4, -0.2) is 4.98 Å². The molecule has 0 saturated carbocycles. The van der Waals surface area contributed by atoms with Gasteiger partial charge in [-0.2, -0.15) is 0 Å². The fourth-order valence-electron chi connectivity index (χ4n) is 2.81. The average molecular weight is 310 g/mol. The van der Waals surface area contributed by atoms with Crippen LogP contribution in [-0.2, 0) is 0 Å². The molecule has 0 unspecified atom stereocenters. The minimum Gasteiger partial charge on any atom is -0.354 e. The molecule has 4 rings (SSSR count). The van der Waals surface area contributed by atoms with Crippen LogP contribution in [0.5, 0.6) is 0 Å². The number of anilines is 2. The minimum atomic E-state index is 0.986. The van der Waals surface area contributed by atoms with Crippen LogP contribution in [0.25, 0.3) is 22.2 Å². The SMILES string of the molecule is Cc1ccc(Nc2cccc3ccc(-c4ccccc4)nc23)cc1. The Morgan fingerprint density at radius 3 is 2.29 bits per heavy atom. The Morgan fingerprint density at radius 2 is 1.50 bits per heavy atom. The number of aromatic nitrogens is 1. The number of rotatable bonds is 3. The molecular weight excluding hydrogens is 292 g/mol. The van der Waals surface area contributed by atoms with Gasteiger partial charge < -0.3 is 5.32 Å². The van der Waals surface area contributed by atoms with Gasteiger partial charge in [0.25, 0.3) is 0 Å². The number of hydrogen-bond donors (Lipinski definition) is 1. The van der Waals surface area contributed by atoms with E-state index in [1.54, 1.807) is 0 Å². The van der Waals surface area contributed by atoms with Gasteiger partial charge in [0.2, 0.25) is 0 Å². The predicted octanol–water partition coefficient (Wildman–Crippen LogP) is 5.95. The average Bonchev–Trinajstić information content (AvgIpc) is 2.64. The van der Waals surface area contributed by atoms with Crippen LogP contribution >= 0.6 is 0 Å². The first-order valence-electron chi connectivity index (χ1n) is 8.08. The van der Waals surface area contributed by atoms with Gasteiger partial charge in [-0.15, -0.1) is 0 Å². The van der Waals surface area contributed by atoms with Crippen molar-refractivity contribution in [3.63, 3.8) is 0 Å². The van der Waals surface area contributed by atoms with E-state index in [2.05, 4.69) is 79.0 Å². The van der Waals surface area contributed by atoms with E-state index in [0.717, 1.165) is 33.5 Å². The van der Waals surface area contributed by atoms with Crippen molar-refractivity contribution in [2.45, 2.75) is 6.92 Å². The number of hydrogen-bond acceptors (Lipinski definition) is 2. The van der Waals surface area contributed by atoms with Crippen molar-refractivity contribution in [3.8, 4) is 11.3 Å². The van der Waals surface area contributed by atoms with Crippen molar-refractivity contribution in [1.82, 2.24) is 4.98 Å². The van der Waals surface area contributed by atoms with Crippen LogP contribution in [0.15, 0.2) is 84.9 Å². The van der Waals surface area contributed by atoms with Crippen molar-refractivity contribution < 1.29 is 0 Å². The summed E-state index contributed by atoms with van der Waals surface area (Å²) in [5.74, 6) is 0. The van der Waals surface area contributed by atoms with Crippen LogP contribution in [0.3, 0.4) is 0 Å². The summed E-state index contributed by atoms with van der Waals surface area (Å²) in [6.07, 6.45) is 0. The smallest absolute Gasteiger partial charge is 0.0944 e. The Labute approximate surface area is 141 Å². The first kappa shape index (κ1) is 14.5. The molecule has 4 aromatic rings. The van der Waals surface area contributed by atoms with Crippen molar-refractivity contribution in [2.75, 3.05) is 5.32 Å². The van der Waals surface area contributed by atoms with Gasteiger partial charge in [0, 0.05) is 16.6 Å². The largest absolute Gasteiger partial charge is 0.354 e. The highest BCUT2D eigenvalue weighted by Gasteiger charge is 2.06. The number of nitrogens with zero attached hydrogens (tertiary/aromatic N) is 1. The molecule has 0 aliphatic heterocycles. The predicted molar refractivity (Wildman–Crippen MR) is 102 cm³/mol. The van der Waals surface area contributed by atoms with Crippen molar-refractivity contribution in [3.05, 3.63) is 90.5 Å². The topological polar surface area (TPSA) is 24.9 Å². The van der Waals surface area contributed by atoms with E-state index in [1.165, 1.54) is 5.56 Å². The molecule has 1 aromatic heterocycles. The molecule has 0 radical (unpaired) electrons. The maximum atomic E-state index is 4.90. The van der Waals surface area contributed by atoms with Gasteiger partial charge in [0.15, 0.2) is 0 Å². The summed E-state index contributed by atoms with van der Waals surface area (Å²) in [4.78, 5) is 4.90. The second-order valence-corrected chi connectivity index (χ2v) is 5.93. The fourth-order valence-corrected chi connectivity index (χ4v) is 2.81. The third-order valence-electron chi connectivity index (χ3n) is 4.12. The van der Waals surface area contributed by atoms with Gasteiger partial charge in [-0.1, -0.05) is 66.2 Å². The molecule has 0 bridgehead atoms. The molecule has 0 aliphatic carbocycles. The van der Waals surface area contributed by atoms with Crippen molar-refractivity contribution in [2.24, 2.45) is 0 Å². The lowest BCUT2D eigenvalue weighted by Gasteiger charge is -2.11. The van der Waals surface area contributed by atoms with Gasteiger partial charge in [-0.05, 0) is 31.2 Å². The Bertz CT molecular complexity index is 974. The molecule has 2 nitrogen and oxygen atoms in total. The Hall–Kier alpha value is -3.13. The Morgan fingerprint density at radius 1 is 0.708 bits per heavy atom. The molecule has 1 heterocycles. The Kier molecular flexibility index (Phi) is 3.72. The summed E-state index contributed by atoms with van der Waals surface area (Å²) >= 11 is 0. The second kappa shape index (κ2) is 6.17. The number of fused-ring (bicyclic) bond motifs is 1. The zero-order chi connectivity index (χ0) is 16.4. The number of aryl methyl sites for hydroxylation is 1. The number of para-hydroxylation sites is 1. The lowest BCUT2D eigenvalue weighted by Crippen LogP contribution is -1.94. The zero-order valence-corrected chi connectivity index (χ0v) is 13.5. The van der Waals surface area contributed by atoms with E-state index >= 15 is 0 Å². The number of pyridine rings is 1. The molecule has 3 aromatic carbocycles. The quantitative estimate of drug-likeness (QED) is 0.505. The summed E-state index contributed by atoms with van der Waals surface area (Å²) < 4.78 is 0. The second-order valence-electron chi connectivity index (χ2n) is 5.93. The lowest BCUT2D eigenvalue weighted by atomic mass is 10.1. The lowest BCUT2D eigenvalue weighted by molar-refractivity contribution is 1.39. The van der Waals surface area contributed by atoms with Crippen LogP contribution in [0.4, 0.5) is 11.4 Å². The van der Waals surface area contributed by atoms with Gasteiger partial charge >= 0.3 is 0 Å². The summed E-state index contributed by atoms with van der Waals surface area (Å²) in [6.45, 7) is 2.09. The van der Waals surface area contributed by atoms with E-state index in [0.29, 0.717) is 0 Å². The highest BCUT2D eigenvalue weighted by Crippen LogP contribution is 2.28. The summed E-state index contributed by atoms with van der Waals surface area (Å²) in [5, 5.41) is 4.62. The normalized spacial score (nSPS) is 10.7. The molecule has 0 aliphatic rings. The molecule has 0 fully saturated rings. The number of nitrogens with one attached hydrogen (secondary N) is 1. The van der Waals surface area contributed by atoms with E-state index in [1.807, 2.05) is 18.2 Å². The third-order valence-corrected chi connectivity index (χ3v) is 4.12. The van der Waals surface area contributed by atoms with Gasteiger partial charge in [-0.25, -0.2) is 4.98 Å². The molecule has 1 N–H and O–H groups in total. The highest BCUT2D eigenvalue weighted by atomic mass is 14.9. The van der Waals surface area contributed by atoms with E-state index in [-0.39, 0.29) is 0 Å². The fraction of sp³-hybridized carbons (Fsp3) is 0.0455. The molecule has 116 valence electrons. The maximum Gasteiger partial charge on any atom is 0.0944 e. The minimum absolute atomic E-state index is 0.986.